The monoisotopic (exact) mass is 231 g/mol. The van der Waals surface area contributed by atoms with Crippen molar-refractivity contribution < 1.29 is 0 Å². The van der Waals surface area contributed by atoms with Crippen molar-refractivity contribution in [1.29, 1.82) is 0 Å². The van der Waals surface area contributed by atoms with Gasteiger partial charge in [-0.2, -0.15) is 0 Å². The van der Waals surface area contributed by atoms with Crippen LogP contribution >= 0.6 is 0 Å². The second kappa shape index (κ2) is 5.27. The molecule has 1 fully saturated rings. The second-order valence-corrected chi connectivity index (χ2v) is 4.78. The van der Waals surface area contributed by atoms with Crippen LogP contribution in [0.1, 0.15) is 56.5 Å². The maximum Gasteiger partial charge on any atom is 0.127 e. The van der Waals surface area contributed by atoms with E-state index in [-0.39, 0.29) is 0 Å². The van der Waals surface area contributed by atoms with Crippen molar-refractivity contribution in [1.82, 2.24) is 9.55 Å². The molecule has 0 aliphatic heterocycles. The van der Waals surface area contributed by atoms with Crippen molar-refractivity contribution in [2.75, 3.05) is 5.73 Å². The highest BCUT2D eigenvalue weighted by Crippen LogP contribution is 2.35. The molecular formula is C14H21N3. The van der Waals surface area contributed by atoms with Gasteiger partial charge in [-0.1, -0.05) is 32.1 Å². The van der Waals surface area contributed by atoms with Crippen molar-refractivity contribution in [2.24, 2.45) is 0 Å². The van der Waals surface area contributed by atoms with E-state index in [1.54, 1.807) is 0 Å². The Hall–Kier alpha value is -1.43. The molecule has 0 spiro atoms. The summed E-state index contributed by atoms with van der Waals surface area (Å²) in [7, 11) is 0. The molecule has 2 rings (SSSR count). The van der Waals surface area contributed by atoms with E-state index in [2.05, 4.69) is 12.8 Å². The van der Waals surface area contributed by atoms with Crippen LogP contribution in [0.15, 0.2) is 0 Å². The van der Waals surface area contributed by atoms with Gasteiger partial charge in [0.15, 0.2) is 0 Å². The van der Waals surface area contributed by atoms with Crippen molar-refractivity contribution in [3.8, 4) is 12.3 Å². The van der Waals surface area contributed by atoms with Crippen LogP contribution in [-0.2, 0) is 13.0 Å². The van der Waals surface area contributed by atoms with Crippen LogP contribution in [0, 0.1) is 12.3 Å². The Kier molecular flexibility index (Phi) is 3.73. The number of terminal acetylenes is 1. The van der Waals surface area contributed by atoms with E-state index < -0.39 is 0 Å². The van der Waals surface area contributed by atoms with Crippen LogP contribution in [0.25, 0.3) is 0 Å². The first-order valence-corrected chi connectivity index (χ1v) is 6.56. The average Bonchev–Trinajstić information content (AvgIpc) is 2.69. The molecule has 0 atom stereocenters. The van der Waals surface area contributed by atoms with E-state index in [4.69, 9.17) is 17.1 Å². The van der Waals surface area contributed by atoms with Crippen molar-refractivity contribution in [3.05, 3.63) is 11.5 Å². The number of nitrogen functional groups attached to an aromatic ring is 1. The van der Waals surface area contributed by atoms with E-state index in [0.29, 0.717) is 12.5 Å². The number of aryl methyl sites for hydroxylation is 1. The fraction of sp³-hybridized carbons (Fsp3) is 0.643. The highest BCUT2D eigenvalue weighted by Gasteiger charge is 2.23. The number of imidazole rings is 1. The molecule has 0 radical (unpaired) electrons. The normalized spacial score (nSPS) is 16.9. The molecule has 0 amide bonds. The zero-order valence-electron chi connectivity index (χ0n) is 10.6. The average molecular weight is 231 g/mol. The van der Waals surface area contributed by atoms with Crippen LogP contribution in [0.5, 0.6) is 0 Å². The van der Waals surface area contributed by atoms with E-state index >= 15 is 0 Å². The summed E-state index contributed by atoms with van der Waals surface area (Å²) >= 11 is 0. The molecule has 17 heavy (non-hydrogen) atoms. The van der Waals surface area contributed by atoms with Gasteiger partial charge in [0.05, 0.1) is 12.2 Å². The predicted molar refractivity (Wildman–Crippen MR) is 70.7 cm³/mol. The third-order valence-electron chi connectivity index (χ3n) is 3.67. The summed E-state index contributed by atoms with van der Waals surface area (Å²) in [6.07, 6.45) is 12.7. The van der Waals surface area contributed by atoms with Gasteiger partial charge in [0.2, 0.25) is 0 Å². The van der Waals surface area contributed by atoms with Crippen molar-refractivity contribution in [2.45, 2.75) is 57.9 Å². The van der Waals surface area contributed by atoms with Crippen LogP contribution in [-0.4, -0.2) is 9.55 Å². The van der Waals surface area contributed by atoms with Gasteiger partial charge in [0.1, 0.15) is 11.6 Å². The molecule has 3 nitrogen and oxygen atoms in total. The van der Waals surface area contributed by atoms with Gasteiger partial charge in [-0.3, -0.25) is 0 Å². The SMILES string of the molecule is C#CCn1c(CC)nc(C2CCCCC2)c1N. The molecule has 1 aromatic heterocycles. The Bertz CT molecular complexity index is 419. The summed E-state index contributed by atoms with van der Waals surface area (Å²) in [5.74, 6) is 5.03. The lowest BCUT2D eigenvalue weighted by atomic mass is 9.87. The Labute approximate surface area is 103 Å². The molecule has 0 bridgehead atoms. The highest BCUT2D eigenvalue weighted by atomic mass is 15.1. The Morgan fingerprint density at radius 2 is 2.12 bits per heavy atom. The van der Waals surface area contributed by atoms with Gasteiger partial charge < -0.3 is 10.3 Å². The van der Waals surface area contributed by atoms with Gasteiger partial charge in [0.25, 0.3) is 0 Å². The lowest BCUT2D eigenvalue weighted by Gasteiger charge is -2.20. The summed E-state index contributed by atoms with van der Waals surface area (Å²) in [6, 6.07) is 0. The summed E-state index contributed by atoms with van der Waals surface area (Å²) in [5, 5.41) is 0. The fourth-order valence-electron chi connectivity index (χ4n) is 2.75. The predicted octanol–water partition coefficient (Wildman–Crippen LogP) is 2.71. The van der Waals surface area contributed by atoms with Crippen LogP contribution < -0.4 is 5.73 Å². The molecule has 1 aliphatic rings. The quantitative estimate of drug-likeness (QED) is 0.813. The lowest BCUT2D eigenvalue weighted by Crippen LogP contribution is -2.09. The van der Waals surface area contributed by atoms with Gasteiger partial charge >= 0.3 is 0 Å². The highest BCUT2D eigenvalue weighted by molar-refractivity contribution is 5.41. The third-order valence-corrected chi connectivity index (χ3v) is 3.67. The molecule has 1 aromatic rings. The van der Waals surface area contributed by atoms with Crippen LogP contribution in [0.4, 0.5) is 5.82 Å². The van der Waals surface area contributed by atoms with Crippen molar-refractivity contribution >= 4 is 5.82 Å². The van der Waals surface area contributed by atoms with Crippen LogP contribution in [0.3, 0.4) is 0 Å². The molecule has 0 aromatic carbocycles. The third kappa shape index (κ3) is 2.31. The van der Waals surface area contributed by atoms with Gasteiger partial charge in [-0.25, -0.2) is 4.98 Å². The molecule has 3 heteroatoms. The largest absolute Gasteiger partial charge is 0.384 e. The number of aromatic nitrogens is 2. The zero-order chi connectivity index (χ0) is 12.3. The Morgan fingerprint density at radius 3 is 2.71 bits per heavy atom. The first-order chi connectivity index (χ1) is 8.27. The molecule has 1 aliphatic carbocycles. The standard InChI is InChI=1S/C14H21N3/c1-3-10-17-12(4-2)16-13(14(17)15)11-8-6-5-7-9-11/h1,11H,4-10,15H2,2H3. The number of hydrogen-bond donors (Lipinski definition) is 1. The maximum absolute atomic E-state index is 6.20. The number of nitrogens with zero attached hydrogens (tertiary/aromatic N) is 2. The van der Waals surface area contributed by atoms with Gasteiger partial charge in [-0.15, -0.1) is 6.42 Å². The first kappa shape index (κ1) is 12.0. The van der Waals surface area contributed by atoms with Gasteiger partial charge in [0, 0.05) is 12.3 Å². The topological polar surface area (TPSA) is 43.8 Å². The zero-order valence-corrected chi connectivity index (χ0v) is 10.6. The minimum absolute atomic E-state index is 0.536. The van der Waals surface area contributed by atoms with E-state index in [9.17, 15) is 0 Å². The first-order valence-electron chi connectivity index (χ1n) is 6.56. The van der Waals surface area contributed by atoms with E-state index in [1.165, 1.54) is 32.1 Å². The maximum atomic E-state index is 6.20. The van der Waals surface area contributed by atoms with Crippen LogP contribution in [0.2, 0.25) is 0 Å². The number of anilines is 1. The molecule has 1 heterocycles. The molecule has 1 saturated carbocycles. The smallest absolute Gasteiger partial charge is 0.127 e. The molecule has 0 saturated heterocycles. The summed E-state index contributed by atoms with van der Waals surface area (Å²) in [6.45, 7) is 2.63. The van der Waals surface area contributed by atoms with E-state index in [1.807, 2.05) is 4.57 Å². The molecule has 2 N–H and O–H groups in total. The lowest BCUT2D eigenvalue weighted by molar-refractivity contribution is 0.438. The Balaban J connectivity index is 2.31. The summed E-state index contributed by atoms with van der Waals surface area (Å²) in [4.78, 5) is 4.71. The molecule has 0 unspecified atom stereocenters. The summed E-state index contributed by atoms with van der Waals surface area (Å²) in [5.41, 5.74) is 7.30. The molecular weight excluding hydrogens is 210 g/mol. The Morgan fingerprint density at radius 1 is 1.41 bits per heavy atom. The minimum Gasteiger partial charge on any atom is -0.384 e. The van der Waals surface area contributed by atoms with Crippen molar-refractivity contribution in [3.63, 3.8) is 0 Å². The second-order valence-electron chi connectivity index (χ2n) is 4.78. The fourth-order valence-corrected chi connectivity index (χ4v) is 2.75. The number of nitrogens with two attached hydrogens (primary N) is 1. The molecule has 92 valence electrons. The number of hydrogen-bond acceptors (Lipinski definition) is 2. The van der Waals surface area contributed by atoms with Gasteiger partial charge in [-0.05, 0) is 12.8 Å². The number of rotatable bonds is 3. The minimum atomic E-state index is 0.536. The summed E-state index contributed by atoms with van der Waals surface area (Å²) < 4.78 is 1.99. The van der Waals surface area contributed by atoms with E-state index in [0.717, 1.165) is 23.8 Å².